The lowest BCUT2D eigenvalue weighted by Gasteiger charge is -2.35. The Hall–Kier alpha value is -2.31. The van der Waals surface area contributed by atoms with Gasteiger partial charge in [0, 0.05) is 41.8 Å². The van der Waals surface area contributed by atoms with Crippen LogP contribution in [0.5, 0.6) is 11.5 Å². The van der Waals surface area contributed by atoms with Crippen molar-refractivity contribution in [3.8, 4) is 11.5 Å². The lowest BCUT2D eigenvalue weighted by molar-refractivity contribution is 0.168. The second-order valence-corrected chi connectivity index (χ2v) is 9.61. The van der Waals surface area contributed by atoms with E-state index in [1.807, 2.05) is 11.8 Å². The molecule has 1 atom stereocenters. The molecule has 1 unspecified atom stereocenters. The Labute approximate surface area is 200 Å². The molecule has 2 aromatic rings. The van der Waals surface area contributed by atoms with E-state index in [1.54, 1.807) is 30.3 Å². The Morgan fingerprint density at radius 2 is 1.73 bits per heavy atom. The van der Waals surface area contributed by atoms with Crippen LogP contribution in [0.1, 0.15) is 63.5 Å². The first-order valence-corrected chi connectivity index (χ1v) is 12.4. The number of carbonyl (C=O) groups is 1. The quantitative estimate of drug-likeness (QED) is 0.508. The monoisotopic (exact) mass is 473 g/mol. The second-order valence-electron chi connectivity index (χ2n) is 9.17. The number of ether oxygens (including phenoxy) is 1. The molecule has 2 fully saturated rings. The van der Waals surface area contributed by atoms with Crippen LogP contribution < -0.4 is 15.4 Å². The van der Waals surface area contributed by atoms with Crippen LogP contribution in [-0.4, -0.2) is 36.1 Å². The smallest absolute Gasteiger partial charge is 0.317 e. The van der Waals surface area contributed by atoms with Crippen molar-refractivity contribution in [3.05, 3.63) is 58.9 Å². The van der Waals surface area contributed by atoms with E-state index in [0.29, 0.717) is 22.6 Å². The third-order valence-corrected chi connectivity index (χ3v) is 6.93. The van der Waals surface area contributed by atoms with E-state index in [0.717, 1.165) is 44.3 Å². The molecular formula is C26H33ClFN3O2. The molecule has 1 aliphatic carbocycles. The molecule has 0 spiro atoms. The van der Waals surface area contributed by atoms with Crippen LogP contribution >= 0.6 is 11.6 Å². The summed E-state index contributed by atoms with van der Waals surface area (Å²) >= 11 is 5.96. The highest BCUT2D eigenvalue weighted by atomic mass is 35.5. The van der Waals surface area contributed by atoms with Crippen molar-refractivity contribution in [1.29, 1.82) is 0 Å². The van der Waals surface area contributed by atoms with Crippen molar-refractivity contribution in [3.63, 3.8) is 0 Å². The average molecular weight is 474 g/mol. The van der Waals surface area contributed by atoms with E-state index in [4.69, 9.17) is 16.3 Å². The number of nitrogens with one attached hydrogen (secondary N) is 2. The Balaban J connectivity index is 1.32. The predicted octanol–water partition coefficient (Wildman–Crippen LogP) is 6.43. The number of likely N-dealkylation sites (tertiary alicyclic amines) is 1. The second kappa shape index (κ2) is 11.2. The molecule has 1 aliphatic heterocycles. The largest absolute Gasteiger partial charge is 0.457 e. The average Bonchev–Trinajstić information content (AvgIpc) is 2.82. The highest BCUT2D eigenvalue weighted by Gasteiger charge is 2.26. The zero-order valence-corrected chi connectivity index (χ0v) is 19.9. The zero-order valence-electron chi connectivity index (χ0n) is 19.2. The van der Waals surface area contributed by atoms with E-state index in [-0.39, 0.29) is 23.9 Å². The Morgan fingerprint density at radius 1 is 1.03 bits per heavy atom. The number of rotatable bonds is 6. The Kier molecular flexibility index (Phi) is 8.10. The molecule has 33 heavy (non-hydrogen) atoms. The summed E-state index contributed by atoms with van der Waals surface area (Å²) in [6.45, 7) is 3.46. The molecule has 1 heterocycles. The molecule has 1 saturated heterocycles. The summed E-state index contributed by atoms with van der Waals surface area (Å²) in [6, 6.07) is 12.3. The molecular weight excluding hydrogens is 441 g/mol. The van der Waals surface area contributed by atoms with Gasteiger partial charge in [-0.3, -0.25) is 0 Å². The zero-order chi connectivity index (χ0) is 23.2. The van der Waals surface area contributed by atoms with Crippen LogP contribution in [0.3, 0.4) is 0 Å². The minimum Gasteiger partial charge on any atom is -0.457 e. The van der Waals surface area contributed by atoms with E-state index in [1.165, 1.54) is 31.4 Å². The number of urea groups is 1. The molecule has 2 N–H and O–H groups in total. The maximum absolute atomic E-state index is 14.1. The van der Waals surface area contributed by atoms with E-state index >= 15 is 0 Å². The van der Waals surface area contributed by atoms with Gasteiger partial charge in [0.15, 0.2) is 0 Å². The summed E-state index contributed by atoms with van der Waals surface area (Å²) in [6.07, 6.45) is 7.61. The number of halogens is 2. The first kappa shape index (κ1) is 23.8. The van der Waals surface area contributed by atoms with Gasteiger partial charge in [-0.1, -0.05) is 30.9 Å². The van der Waals surface area contributed by atoms with Gasteiger partial charge in [0.2, 0.25) is 0 Å². The summed E-state index contributed by atoms with van der Waals surface area (Å²) < 4.78 is 20.1. The van der Waals surface area contributed by atoms with Gasteiger partial charge in [0.05, 0.1) is 0 Å². The molecule has 0 aromatic heterocycles. The lowest BCUT2D eigenvalue weighted by Crippen LogP contribution is -2.51. The van der Waals surface area contributed by atoms with Crippen molar-refractivity contribution in [2.24, 2.45) is 0 Å². The minimum atomic E-state index is -0.295. The summed E-state index contributed by atoms with van der Waals surface area (Å²) in [5, 5.41) is 7.46. The fraction of sp³-hybridized carbons (Fsp3) is 0.500. The molecule has 0 radical (unpaired) electrons. The number of carbonyl (C=O) groups excluding carboxylic acids is 1. The molecule has 5 nitrogen and oxygen atoms in total. The lowest BCUT2D eigenvalue weighted by atomic mass is 9.95. The van der Waals surface area contributed by atoms with Gasteiger partial charge in [0.1, 0.15) is 17.3 Å². The van der Waals surface area contributed by atoms with Crippen LogP contribution in [0.4, 0.5) is 9.18 Å². The number of piperidine rings is 1. The molecule has 0 bridgehead atoms. The van der Waals surface area contributed by atoms with Gasteiger partial charge in [-0.25, -0.2) is 9.18 Å². The molecule has 7 heteroatoms. The van der Waals surface area contributed by atoms with Crippen LogP contribution in [-0.2, 0) is 0 Å². The molecule has 1 saturated carbocycles. The van der Waals surface area contributed by atoms with Crippen molar-refractivity contribution >= 4 is 17.6 Å². The standard InChI is InChI=1S/C26H33ClFN3O2/c1-18(24-17-20(28)9-12-25(24)33-23-10-7-19(27)8-11-23)29-22-13-15-31(16-14-22)26(32)30-21-5-3-2-4-6-21/h7-12,17-18,21-22,29H,2-6,13-16H2,1H3,(H,30,32). The normalized spacial score (nSPS) is 18.7. The maximum atomic E-state index is 14.1. The van der Waals surface area contributed by atoms with Crippen LogP contribution in [0.25, 0.3) is 0 Å². The van der Waals surface area contributed by atoms with Crippen molar-refractivity contribution in [1.82, 2.24) is 15.5 Å². The summed E-state index contributed by atoms with van der Waals surface area (Å²) in [7, 11) is 0. The maximum Gasteiger partial charge on any atom is 0.317 e. The topological polar surface area (TPSA) is 53.6 Å². The van der Waals surface area contributed by atoms with Crippen LogP contribution in [0.15, 0.2) is 42.5 Å². The Morgan fingerprint density at radius 3 is 2.42 bits per heavy atom. The number of hydrogen-bond donors (Lipinski definition) is 2. The molecule has 2 aliphatic rings. The number of amides is 2. The Bertz CT molecular complexity index is 926. The van der Waals surface area contributed by atoms with Gasteiger partial charge >= 0.3 is 6.03 Å². The van der Waals surface area contributed by atoms with E-state index in [2.05, 4.69) is 10.6 Å². The minimum absolute atomic E-state index is 0.0668. The van der Waals surface area contributed by atoms with Crippen LogP contribution in [0, 0.1) is 5.82 Å². The third kappa shape index (κ3) is 6.61. The van der Waals surface area contributed by atoms with Gasteiger partial charge in [-0.2, -0.15) is 0 Å². The van der Waals surface area contributed by atoms with Gasteiger partial charge in [-0.05, 0) is 75.1 Å². The SMILES string of the molecule is CC(NC1CCN(C(=O)NC2CCCCC2)CC1)c1cc(F)ccc1Oc1ccc(Cl)cc1. The highest BCUT2D eigenvalue weighted by Crippen LogP contribution is 2.32. The summed E-state index contributed by atoms with van der Waals surface area (Å²) in [5.74, 6) is 0.969. The van der Waals surface area contributed by atoms with Crippen LogP contribution in [0.2, 0.25) is 5.02 Å². The third-order valence-electron chi connectivity index (χ3n) is 6.68. The highest BCUT2D eigenvalue weighted by molar-refractivity contribution is 6.30. The molecule has 2 aromatic carbocycles. The summed E-state index contributed by atoms with van der Waals surface area (Å²) in [4.78, 5) is 14.5. The van der Waals surface area contributed by atoms with Crippen molar-refractivity contribution < 1.29 is 13.9 Å². The van der Waals surface area contributed by atoms with Gasteiger partial charge in [0.25, 0.3) is 0 Å². The first-order chi connectivity index (χ1) is 16.0. The molecule has 2 amide bonds. The first-order valence-electron chi connectivity index (χ1n) is 12.0. The van der Waals surface area contributed by atoms with Gasteiger partial charge < -0.3 is 20.3 Å². The van der Waals surface area contributed by atoms with Gasteiger partial charge in [-0.15, -0.1) is 0 Å². The fourth-order valence-electron chi connectivity index (χ4n) is 4.79. The summed E-state index contributed by atoms with van der Waals surface area (Å²) in [5.41, 5.74) is 0.766. The van der Waals surface area contributed by atoms with Crippen molar-refractivity contribution in [2.45, 2.75) is 70.0 Å². The predicted molar refractivity (Wildman–Crippen MR) is 129 cm³/mol. The van der Waals surface area contributed by atoms with Crippen molar-refractivity contribution in [2.75, 3.05) is 13.1 Å². The molecule has 4 rings (SSSR count). The molecule has 178 valence electrons. The number of hydrogen-bond acceptors (Lipinski definition) is 3. The number of nitrogens with zero attached hydrogens (tertiary/aromatic N) is 1. The number of benzene rings is 2. The fourth-order valence-corrected chi connectivity index (χ4v) is 4.91. The van der Waals surface area contributed by atoms with E-state index in [9.17, 15) is 9.18 Å². The van der Waals surface area contributed by atoms with E-state index < -0.39 is 0 Å².